The van der Waals surface area contributed by atoms with Crippen LogP contribution in [0.1, 0.15) is 25.6 Å². The van der Waals surface area contributed by atoms with Gasteiger partial charge in [-0.3, -0.25) is 14.9 Å². The fraction of sp³-hybridized carbons (Fsp3) is 0.294. The maximum absolute atomic E-state index is 12.1. The molecule has 1 heterocycles. The van der Waals surface area contributed by atoms with Gasteiger partial charge < -0.3 is 19.8 Å². The second-order valence-corrected chi connectivity index (χ2v) is 5.26. The molecule has 0 saturated carbocycles. The monoisotopic (exact) mass is 331 g/mol. The average molecular weight is 331 g/mol. The Morgan fingerprint density at radius 1 is 1.25 bits per heavy atom. The predicted molar refractivity (Wildman–Crippen MR) is 91.1 cm³/mol. The number of rotatable bonds is 7. The summed E-state index contributed by atoms with van der Waals surface area (Å²) in [7, 11) is 1.51. The van der Waals surface area contributed by atoms with Crippen molar-refractivity contribution in [2.45, 2.75) is 19.9 Å². The summed E-state index contributed by atoms with van der Waals surface area (Å²) < 4.78 is 10.5. The first-order valence-electron chi connectivity index (χ1n) is 7.52. The van der Waals surface area contributed by atoms with Gasteiger partial charge in [-0.15, -0.1) is 0 Å². The summed E-state index contributed by atoms with van der Waals surface area (Å²) in [5.41, 5.74) is 1.07. The minimum atomic E-state index is -0.230. The van der Waals surface area contributed by atoms with Crippen LogP contribution in [0.2, 0.25) is 0 Å². The molecule has 7 heteroatoms. The zero-order valence-corrected chi connectivity index (χ0v) is 13.9. The molecule has 2 amide bonds. The molecule has 0 aliphatic carbocycles. The first kappa shape index (κ1) is 17.6. The van der Waals surface area contributed by atoms with Gasteiger partial charge in [-0.1, -0.05) is 0 Å². The molecular weight excluding hydrogens is 310 g/mol. The molecule has 0 aliphatic heterocycles. The fourth-order valence-corrected chi connectivity index (χ4v) is 2.17. The summed E-state index contributed by atoms with van der Waals surface area (Å²) in [5, 5.41) is 8.51. The van der Waals surface area contributed by atoms with E-state index in [1.54, 1.807) is 30.5 Å². The number of benzene rings is 1. The molecule has 2 rings (SSSR count). The molecule has 24 heavy (non-hydrogen) atoms. The molecule has 2 aromatic rings. The maximum Gasteiger partial charge on any atom is 0.238 e. The normalized spacial score (nSPS) is 11.6. The third-order valence-corrected chi connectivity index (χ3v) is 3.33. The van der Waals surface area contributed by atoms with Crippen LogP contribution in [0.4, 0.5) is 11.4 Å². The SMILES string of the molecule is COc1ccc(NC(C)=O)cc1NC(=O)CN[C@H](C)c1ccco1. The number of furan rings is 1. The Labute approximate surface area is 140 Å². The first-order valence-corrected chi connectivity index (χ1v) is 7.52. The Hall–Kier alpha value is -2.80. The zero-order chi connectivity index (χ0) is 17.5. The molecule has 0 unspecified atom stereocenters. The van der Waals surface area contributed by atoms with Crippen molar-refractivity contribution in [2.75, 3.05) is 24.3 Å². The van der Waals surface area contributed by atoms with Crippen LogP contribution in [0, 0.1) is 0 Å². The summed E-state index contributed by atoms with van der Waals surface area (Å²) in [6.45, 7) is 3.43. The predicted octanol–water partition coefficient (Wildman–Crippen LogP) is 2.54. The van der Waals surface area contributed by atoms with Gasteiger partial charge in [-0.25, -0.2) is 0 Å². The van der Waals surface area contributed by atoms with Crippen molar-refractivity contribution in [3.05, 3.63) is 42.4 Å². The van der Waals surface area contributed by atoms with Crippen molar-refractivity contribution in [3.8, 4) is 5.75 Å². The molecule has 0 bridgehead atoms. The Bertz CT molecular complexity index is 698. The lowest BCUT2D eigenvalue weighted by atomic mass is 10.2. The molecule has 128 valence electrons. The Balaban J connectivity index is 1.98. The molecule has 7 nitrogen and oxygen atoms in total. The Morgan fingerprint density at radius 3 is 2.67 bits per heavy atom. The summed E-state index contributed by atoms with van der Waals surface area (Å²) in [5.74, 6) is 0.850. The summed E-state index contributed by atoms with van der Waals surface area (Å²) in [6.07, 6.45) is 1.59. The van der Waals surface area contributed by atoms with Gasteiger partial charge in [0, 0.05) is 12.6 Å². The number of ether oxygens (including phenoxy) is 1. The lowest BCUT2D eigenvalue weighted by molar-refractivity contribution is -0.115. The van der Waals surface area contributed by atoms with Gasteiger partial charge in [0.15, 0.2) is 0 Å². The summed E-state index contributed by atoms with van der Waals surface area (Å²) in [6, 6.07) is 8.58. The van der Waals surface area contributed by atoms with E-state index < -0.39 is 0 Å². The van der Waals surface area contributed by atoms with Crippen LogP contribution < -0.4 is 20.7 Å². The molecule has 0 spiro atoms. The summed E-state index contributed by atoms with van der Waals surface area (Å²) in [4.78, 5) is 23.3. The second-order valence-electron chi connectivity index (χ2n) is 5.26. The minimum Gasteiger partial charge on any atom is -0.495 e. The molecule has 1 aromatic heterocycles. The van der Waals surface area contributed by atoms with Crippen LogP contribution in [-0.2, 0) is 9.59 Å². The highest BCUT2D eigenvalue weighted by molar-refractivity contribution is 5.95. The summed E-state index contributed by atoms with van der Waals surface area (Å²) >= 11 is 0. The zero-order valence-electron chi connectivity index (χ0n) is 13.9. The lowest BCUT2D eigenvalue weighted by Gasteiger charge is -2.14. The maximum atomic E-state index is 12.1. The van der Waals surface area contributed by atoms with E-state index in [2.05, 4.69) is 16.0 Å². The Kier molecular flexibility index (Phi) is 5.97. The van der Waals surface area contributed by atoms with E-state index in [4.69, 9.17) is 9.15 Å². The van der Waals surface area contributed by atoms with E-state index in [1.807, 2.05) is 13.0 Å². The van der Waals surface area contributed by atoms with Crippen LogP contribution in [0.15, 0.2) is 41.0 Å². The minimum absolute atomic E-state index is 0.0849. The van der Waals surface area contributed by atoms with Crippen LogP contribution in [0.3, 0.4) is 0 Å². The van der Waals surface area contributed by atoms with Crippen molar-refractivity contribution < 1.29 is 18.7 Å². The number of hydrogen-bond donors (Lipinski definition) is 3. The molecule has 0 radical (unpaired) electrons. The highest BCUT2D eigenvalue weighted by Crippen LogP contribution is 2.27. The third kappa shape index (κ3) is 4.85. The molecule has 0 fully saturated rings. The van der Waals surface area contributed by atoms with Crippen molar-refractivity contribution in [1.82, 2.24) is 5.32 Å². The average Bonchev–Trinajstić information content (AvgIpc) is 3.07. The van der Waals surface area contributed by atoms with E-state index in [-0.39, 0.29) is 24.4 Å². The van der Waals surface area contributed by atoms with Gasteiger partial charge in [-0.05, 0) is 37.3 Å². The quantitative estimate of drug-likeness (QED) is 0.725. The van der Waals surface area contributed by atoms with E-state index in [0.717, 1.165) is 5.76 Å². The highest BCUT2D eigenvalue weighted by Gasteiger charge is 2.12. The van der Waals surface area contributed by atoms with Gasteiger partial charge >= 0.3 is 0 Å². The van der Waals surface area contributed by atoms with Crippen LogP contribution in [0.5, 0.6) is 5.75 Å². The van der Waals surface area contributed by atoms with E-state index >= 15 is 0 Å². The van der Waals surface area contributed by atoms with Gasteiger partial charge in [0.1, 0.15) is 11.5 Å². The number of carbonyl (C=O) groups is 2. The highest BCUT2D eigenvalue weighted by atomic mass is 16.5. The molecule has 1 aromatic carbocycles. The van der Waals surface area contributed by atoms with Crippen LogP contribution in [0.25, 0.3) is 0 Å². The van der Waals surface area contributed by atoms with E-state index in [9.17, 15) is 9.59 Å². The van der Waals surface area contributed by atoms with Gasteiger partial charge in [0.05, 0.1) is 31.6 Å². The van der Waals surface area contributed by atoms with Crippen LogP contribution >= 0.6 is 0 Å². The van der Waals surface area contributed by atoms with Gasteiger partial charge in [0.25, 0.3) is 0 Å². The fourth-order valence-electron chi connectivity index (χ4n) is 2.17. The van der Waals surface area contributed by atoms with E-state index in [1.165, 1.54) is 14.0 Å². The van der Waals surface area contributed by atoms with Crippen molar-refractivity contribution in [2.24, 2.45) is 0 Å². The number of hydrogen-bond acceptors (Lipinski definition) is 5. The topological polar surface area (TPSA) is 92.6 Å². The number of amides is 2. The smallest absolute Gasteiger partial charge is 0.238 e. The number of anilines is 2. The van der Waals surface area contributed by atoms with Crippen LogP contribution in [-0.4, -0.2) is 25.5 Å². The Morgan fingerprint density at radius 2 is 2.04 bits per heavy atom. The second kappa shape index (κ2) is 8.16. The van der Waals surface area contributed by atoms with Crippen molar-refractivity contribution in [1.29, 1.82) is 0 Å². The largest absolute Gasteiger partial charge is 0.495 e. The van der Waals surface area contributed by atoms with Gasteiger partial charge in [-0.2, -0.15) is 0 Å². The molecule has 1 atom stereocenters. The standard InChI is InChI=1S/C17H21N3O4/c1-11(15-5-4-8-24-15)18-10-17(22)20-14-9-13(19-12(2)21)6-7-16(14)23-3/h4-9,11,18H,10H2,1-3H3,(H,19,21)(H,20,22)/t11-/m1/s1. The van der Waals surface area contributed by atoms with Crippen molar-refractivity contribution >= 4 is 23.2 Å². The number of methoxy groups -OCH3 is 1. The third-order valence-electron chi connectivity index (χ3n) is 3.33. The lowest BCUT2D eigenvalue weighted by Crippen LogP contribution is -2.30. The molecule has 0 aliphatic rings. The first-order chi connectivity index (χ1) is 11.5. The number of carbonyl (C=O) groups excluding carboxylic acids is 2. The molecule has 3 N–H and O–H groups in total. The van der Waals surface area contributed by atoms with E-state index in [0.29, 0.717) is 17.1 Å². The molecular formula is C17H21N3O4. The molecule has 0 saturated heterocycles. The number of nitrogens with one attached hydrogen (secondary N) is 3. The van der Waals surface area contributed by atoms with Crippen molar-refractivity contribution in [3.63, 3.8) is 0 Å². The van der Waals surface area contributed by atoms with Gasteiger partial charge in [0.2, 0.25) is 11.8 Å².